The molecule has 2 aromatic rings. The van der Waals surface area contributed by atoms with Gasteiger partial charge in [0, 0.05) is 20.0 Å². The maximum absolute atomic E-state index is 11.8. The molecule has 0 amide bonds. The van der Waals surface area contributed by atoms with Crippen LogP contribution in [0.2, 0.25) is 0 Å². The summed E-state index contributed by atoms with van der Waals surface area (Å²) in [5, 5.41) is 0. The summed E-state index contributed by atoms with van der Waals surface area (Å²) < 4.78 is 3.20. The van der Waals surface area contributed by atoms with E-state index in [4.69, 9.17) is 5.73 Å². The molecule has 0 spiro atoms. The average molecular weight is 251 g/mol. The van der Waals surface area contributed by atoms with Crippen molar-refractivity contribution in [2.75, 3.05) is 6.54 Å². The predicted molar refractivity (Wildman–Crippen MR) is 68.6 cm³/mol. The highest BCUT2D eigenvalue weighted by Gasteiger charge is 2.15. The molecular weight excluding hydrogens is 234 g/mol. The summed E-state index contributed by atoms with van der Waals surface area (Å²) in [6.45, 7) is 2.95. The zero-order valence-corrected chi connectivity index (χ0v) is 10.6. The normalized spacial score (nSPS) is 11.3. The van der Waals surface area contributed by atoms with Gasteiger partial charge in [0.2, 0.25) is 0 Å². The van der Waals surface area contributed by atoms with Gasteiger partial charge in [0.05, 0.1) is 0 Å². The summed E-state index contributed by atoms with van der Waals surface area (Å²) in [6, 6.07) is 0. The number of rotatable bonds is 4. The van der Waals surface area contributed by atoms with Crippen LogP contribution >= 0.6 is 0 Å². The molecule has 7 heteroatoms. The van der Waals surface area contributed by atoms with E-state index >= 15 is 0 Å². The quantitative estimate of drug-likeness (QED) is 0.753. The van der Waals surface area contributed by atoms with Crippen molar-refractivity contribution in [2.24, 2.45) is 12.8 Å². The van der Waals surface area contributed by atoms with Crippen molar-refractivity contribution in [1.29, 1.82) is 0 Å². The van der Waals surface area contributed by atoms with Crippen molar-refractivity contribution in [2.45, 2.75) is 26.3 Å². The minimum atomic E-state index is -0.410. The molecule has 0 radical (unpaired) electrons. The monoisotopic (exact) mass is 251 g/mol. The van der Waals surface area contributed by atoms with Crippen LogP contribution in [0.15, 0.2) is 9.59 Å². The van der Waals surface area contributed by atoms with Crippen molar-refractivity contribution in [1.82, 2.24) is 19.1 Å². The number of H-pyrrole nitrogens is 1. The van der Waals surface area contributed by atoms with Crippen LogP contribution in [0, 0.1) is 0 Å². The zero-order valence-electron chi connectivity index (χ0n) is 10.6. The van der Waals surface area contributed by atoms with Gasteiger partial charge in [-0.25, -0.2) is 9.78 Å². The van der Waals surface area contributed by atoms with Crippen molar-refractivity contribution in [3.63, 3.8) is 0 Å². The van der Waals surface area contributed by atoms with E-state index in [9.17, 15) is 9.59 Å². The van der Waals surface area contributed by atoms with Gasteiger partial charge in [0.1, 0.15) is 5.82 Å². The number of fused-ring (bicyclic) bond motifs is 1. The zero-order chi connectivity index (χ0) is 13.3. The Hall–Kier alpha value is -1.89. The average Bonchev–Trinajstić information content (AvgIpc) is 2.63. The van der Waals surface area contributed by atoms with Gasteiger partial charge in [-0.3, -0.25) is 14.3 Å². The van der Waals surface area contributed by atoms with E-state index in [2.05, 4.69) is 9.97 Å². The Morgan fingerprint density at radius 2 is 2.11 bits per heavy atom. The molecule has 0 saturated heterocycles. The summed E-state index contributed by atoms with van der Waals surface area (Å²) in [6.07, 6.45) is 1.37. The fourth-order valence-corrected chi connectivity index (χ4v) is 2.08. The fourth-order valence-electron chi connectivity index (χ4n) is 2.08. The third kappa shape index (κ3) is 1.86. The van der Waals surface area contributed by atoms with Crippen LogP contribution < -0.4 is 17.0 Å². The van der Waals surface area contributed by atoms with E-state index in [0.717, 1.165) is 6.42 Å². The van der Waals surface area contributed by atoms with E-state index in [1.165, 1.54) is 4.57 Å². The lowest BCUT2D eigenvalue weighted by Crippen LogP contribution is -2.30. The standard InChI is InChI=1S/C11H17N5O2/c1-3-6-16-9-8(10(17)14-11(16)18)15(2)7(13-9)4-5-12/h3-6,12H2,1-2H3,(H,14,17,18). The number of aryl methyl sites for hydroxylation is 2. The van der Waals surface area contributed by atoms with Crippen molar-refractivity contribution >= 4 is 11.2 Å². The van der Waals surface area contributed by atoms with Crippen LogP contribution in [-0.2, 0) is 20.0 Å². The van der Waals surface area contributed by atoms with Gasteiger partial charge < -0.3 is 10.3 Å². The van der Waals surface area contributed by atoms with Gasteiger partial charge >= 0.3 is 5.69 Å². The van der Waals surface area contributed by atoms with Gasteiger partial charge in [-0.15, -0.1) is 0 Å². The molecule has 2 aromatic heterocycles. The molecule has 7 nitrogen and oxygen atoms in total. The third-order valence-electron chi connectivity index (χ3n) is 2.92. The molecule has 3 N–H and O–H groups in total. The molecule has 0 aliphatic carbocycles. The number of aromatic amines is 1. The number of aromatic nitrogens is 4. The summed E-state index contributed by atoms with van der Waals surface area (Å²) in [5.74, 6) is 0.716. The number of imidazole rings is 1. The third-order valence-corrected chi connectivity index (χ3v) is 2.92. The first-order chi connectivity index (χ1) is 8.60. The lowest BCUT2D eigenvalue weighted by Gasteiger charge is -2.03. The number of hydrogen-bond donors (Lipinski definition) is 2. The van der Waals surface area contributed by atoms with E-state index < -0.39 is 11.2 Å². The van der Waals surface area contributed by atoms with E-state index in [-0.39, 0.29) is 0 Å². The Morgan fingerprint density at radius 3 is 2.72 bits per heavy atom. The summed E-state index contributed by atoms with van der Waals surface area (Å²) >= 11 is 0. The number of nitrogens with one attached hydrogen (secondary N) is 1. The van der Waals surface area contributed by atoms with Gasteiger partial charge in [-0.05, 0) is 13.0 Å². The summed E-state index contributed by atoms with van der Waals surface area (Å²) in [5.41, 5.74) is 5.56. The van der Waals surface area contributed by atoms with Crippen molar-refractivity contribution in [3.8, 4) is 0 Å². The van der Waals surface area contributed by atoms with Crippen molar-refractivity contribution < 1.29 is 0 Å². The Morgan fingerprint density at radius 1 is 1.39 bits per heavy atom. The highest BCUT2D eigenvalue weighted by atomic mass is 16.2. The molecule has 0 aromatic carbocycles. The van der Waals surface area contributed by atoms with Crippen LogP contribution in [0.5, 0.6) is 0 Å². The molecule has 0 aliphatic heterocycles. The SMILES string of the molecule is CCCn1c(=O)[nH]c(=O)c2c1nc(CCN)n2C. The van der Waals surface area contributed by atoms with Crippen molar-refractivity contribution in [3.05, 3.63) is 26.7 Å². The highest BCUT2D eigenvalue weighted by molar-refractivity contribution is 5.70. The van der Waals surface area contributed by atoms with Gasteiger partial charge in [-0.1, -0.05) is 6.92 Å². The molecule has 0 aliphatic rings. The molecule has 0 fully saturated rings. The maximum atomic E-state index is 11.8. The van der Waals surface area contributed by atoms with Crippen LogP contribution in [0.1, 0.15) is 19.2 Å². The second kappa shape index (κ2) is 4.77. The van der Waals surface area contributed by atoms with Crippen LogP contribution in [0.3, 0.4) is 0 Å². The lowest BCUT2D eigenvalue weighted by atomic mass is 10.4. The molecule has 2 rings (SSSR count). The second-order valence-electron chi connectivity index (χ2n) is 4.21. The molecule has 0 saturated carbocycles. The topological polar surface area (TPSA) is 98.7 Å². The van der Waals surface area contributed by atoms with E-state index in [1.807, 2.05) is 6.92 Å². The Kier molecular flexibility index (Phi) is 3.33. The smallest absolute Gasteiger partial charge is 0.330 e. The molecule has 0 atom stereocenters. The maximum Gasteiger partial charge on any atom is 0.330 e. The summed E-state index contributed by atoms with van der Waals surface area (Å²) in [4.78, 5) is 30.3. The molecule has 18 heavy (non-hydrogen) atoms. The molecule has 0 bridgehead atoms. The van der Waals surface area contributed by atoms with Gasteiger partial charge in [0.15, 0.2) is 11.2 Å². The minimum absolute atomic E-state index is 0.402. The Labute approximate surface area is 103 Å². The lowest BCUT2D eigenvalue weighted by molar-refractivity contribution is 0.652. The fraction of sp³-hybridized carbons (Fsp3) is 0.545. The first kappa shape index (κ1) is 12.6. The first-order valence-corrected chi connectivity index (χ1v) is 5.98. The van der Waals surface area contributed by atoms with Crippen LogP contribution in [0.4, 0.5) is 0 Å². The van der Waals surface area contributed by atoms with E-state index in [0.29, 0.717) is 36.5 Å². The molecule has 98 valence electrons. The number of hydrogen-bond acceptors (Lipinski definition) is 4. The van der Waals surface area contributed by atoms with Crippen LogP contribution in [-0.4, -0.2) is 25.6 Å². The van der Waals surface area contributed by atoms with E-state index in [1.54, 1.807) is 11.6 Å². The summed E-state index contributed by atoms with van der Waals surface area (Å²) in [7, 11) is 1.76. The Balaban J connectivity index is 2.82. The minimum Gasteiger partial charge on any atom is -0.330 e. The second-order valence-corrected chi connectivity index (χ2v) is 4.21. The van der Waals surface area contributed by atoms with Gasteiger partial charge in [0.25, 0.3) is 5.56 Å². The molecular formula is C11H17N5O2. The van der Waals surface area contributed by atoms with Crippen LogP contribution in [0.25, 0.3) is 11.2 Å². The van der Waals surface area contributed by atoms with Gasteiger partial charge in [-0.2, -0.15) is 0 Å². The number of nitrogens with zero attached hydrogens (tertiary/aromatic N) is 3. The predicted octanol–water partition coefficient (Wildman–Crippen LogP) is -0.665. The highest BCUT2D eigenvalue weighted by Crippen LogP contribution is 2.09. The number of nitrogens with two attached hydrogens (primary N) is 1. The molecule has 0 unspecified atom stereocenters. The molecule has 2 heterocycles. The first-order valence-electron chi connectivity index (χ1n) is 5.98. The Bertz CT molecular complexity index is 679. The largest absolute Gasteiger partial charge is 0.330 e.